The van der Waals surface area contributed by atoms with E-state index >= 15 is 0 Å². The van der Waals surface area contributed by atoms with Crippen LogP contribution < -0.4 is 14.8 Å². The second kappa shape index (κ2) is 10.8. The Morgan fingerprint density at radius 2 is 2.09 bits per heavy atom. The minimum Gasteiger partial charge on any atom is -0.489 e. The lowest BCUT2D eigenvalue weighted by Gasteiger charge is -2.15. The number of carbonyl (C=O) groups excluding carboxylic acids is 1. The zero-order chi connectivity index (χ0) is 22.3. The Hall–Kier alpha value is -2.61. The SMILES string of the molecule is Cc1ccc(OCc2nc(CC(=O)Nc3cc(Cl)ccc3OCC3CCCO3)cs2)cc1. The molecule has 0 spiro atoms. The Balaban J connectivity index is 1.31. The predicted molar refractivity (Wildman–Crippen MR) is 126 cm³/mol. The number of rotatable bonds is 9. The molecular weight excluding hydrogens is 448 g/mol. The fraction of sp³-hybridized carbons (Fsp3) is 0.333. The molecule has 1 saturated heterocycles. The summed E-state index contributed by atoms with van der Waals surface area (Å²) in [5, 5.41) is 6.11. The maximum Gasteiger partial charge on any atom is 0.230 e. The average Bonchev–Trinajstić information content (AvgIpc) is 3.45. The normalized spacial score (nSPS) is 15.5. The topological polar surface area (TPSA) is 69.7 Å². The zero-order valence-electron chi connectivity index (χ0n) is 17.8. The number of thiazole rings is 1. The number of ether oxygens (including phenoxy) is 3. The molecule has 32 heavy (non-hydrogen) atoms. The van der Waals surface area contributed by atoms with Crippen LogP contribution >= 0.6 is 22.9 Å². The lowest BCUT2D eigenvalue weighted by atomic mass is 10.2. The first-order valence-electron chi connectivity index (χ1n) is 10.5. The molecule has 168 valence electrons. The second-order valence-electron chi connectivity index (χ2n) is 7.65. The van der Waals surface area contributed by atoms with E-state index in [1.54, 1.807) is 18.2 Å². The van der Waals surface area contributed by atoms with E-state index in [0.717, 1.165) is 30.2 Å². The number of halogens is 1. The summed E-state index contributed by atoms with van der Waals surface area (Å²) in [4.78, 5) is 17.1. The Labute approximate surface area is 196 Å². The van der Waals surface area contributed by atoms with Crippen molar-refractivity contribution in [3.05, 3.63) is 69.1 Å². The van der Waals surface area contributed by atoms with E-state index < -0.39 is 0 Å². The van der Waals surface area contributed by atoms with Crippen molar-refractivity contribution >= 4 is 34.5 Å². The summed E-state index contributed by atoms with van der Waals surface area (Å²) >= 11 is 7.60. The molecule has 1 aromatic heterocycles. The molecule has 0 bridgehead atoms. The smallest absolute Gasteiger partial charge is 0.230 e. The van der Waals surface area contributed by atoms with Crippen LogP contribution in [0.25, 0.3) is 0 Å². The van der Waals surface area contributed by atoms with Gasteiger partial charge in [-0.15, -0.1) is 11.3 Å². The first-order chi connectivity index (χ1) is 15.5. The number of hydrogen-bond acceptors (Lipinski definition) is 6. The average molecular weight is 473 g/mol. The maximum absolute atomic E-state index is 12.6. The molecule has 0 saturated carbocycles. The van der Waals surface area contributed by atoms with Crippen LogP contribution in [0.5, 0.6) is 11.5 Å². The Kier molecular flexibility index (Phi) is 7.63. The highest BCUT2D eigenvalue weighted by atomic mass is 35.5. The van der Waals surface area contributed by atoms with Crippen LogP contribution in [-0.4, -0.2) is 30.2 Å². The number of nitrogens with zero attached hydrogens (tertiary/aromatic N) is 1. The van der Waals surface area contributed by atoms with Gasteiger partial charge in [-0.2, -0.15) is 0 Å². The minimum atomic E-state index is -0.189. The zero-order valence-corrected chi connectivity index (χ0v) is 19.4. The molecule has 1 fully saturated rings. The van der Waals surface area contributed by atoms with E-state index in [0.29, 0.717) is 35.4 Å². The molecule has 1 aliphatic heterocycles. The van der Waals surface area contributed by atoms with Gasteiger partial charge in [0.15, 0.2) is 0 Å². The molecular formula is C24H25ClN2O4S. The summed E-state index contributed by atoms with van der Waals surface area (Å²) in [6, 6.07) is 13.1. The molecule has 8 heteroatoms. The van der Waals surface area contributed by atoms with Gasteiger partial charge in [-0.3, -0.25) is 4.79 Å². The van der Waals surface area contributed by atoms with Crippen molar-refractivity contribution in [3.63, 3.8) is 0 Å². The molecule has 0 aliphatic carbocycles. The number of anilines is 1. The summed E-state index contributed by atoms with van der Waals surface area (Å²) in [5.41, 5.74) is 2.41. The van der Waals surface area contributed by atoms with Crippen LogP contribution in [0.3, 0.4) is 0 Å². The Morgan fingerprint density at radius 1 is 1.25 bits per heavy atom. The molecule has 2 heterocycles. The van der Waals surface area contributed by atoms with Crippen LogP contribution in [0.1, 0.15) is 29.1 Å². The van der Waals surface area contributed by atoms with Crippen molar-refractivity contribution in [1.29, 1.82) is 0 Å². The highest BCUT2D eigenvalue weighted by Crippen LogP contribution is 2.29. The van der Waals surface area contributed by atoms with E-state index in [1.807, 2.05) is 36.6 Å². The molecule has 1 atom stereocenters. The van der Waals surface area contributed by atoms with Crippen molar-refractivity contribution in [1.82, 2.24) is 4.98 Å². The second-order valence-corrected chi connectivity index (χ2v) is 9.02. The number of amides is 1. The fourth-order valence-corrected chi connectivity index (χ4v) is 4.20. The first-order valence-corrected chi connectivity index (χ1v) is 11.8. The van der Waals surface area contributed by atoms with Crippen LogP contribution in [0, 0.1) is 6.92 Å². The molecule has 0 radical (unpaired) electrons. The summed E-state index contributed by atoms with van der Waals surface area (Å²) in [5.74, 6) is 1.18. The monoisotopic (exact) mass is 472 g/mol. The minimum absolute atomic E-state index is 0.0878. The van der Waals surface area contributed by atoms with Gasteiger partial charge in [-0.05, 0) is 50.1 Å². The molecule has 1 amide bonds. The Bertz CT molecular complexity index is 1050. The molecule has 1 N–H and O–H groups in total. The quantitative estimate of drug-likeness (QED) is 0.450. The molecule has 4 rings (SSSR count). The van der Waals surface area contributed by atoms with Gasteiger partial charge in [0.1, 0.15) is 29.7 Å². The van der Waals surface area contributed by atoms with E-state index in [4.69, 9.17) is 25.8 Å². The van der Waals surface area contributed by atoms with E-state index in [1.165, 1.54) is 16.9 Å². The van der Waals surface area contributed by atoms with Gasteiger partial charge >= 0.3 is 0 Å². The number of aromatic nitrogens is 1. The molecule has 3 aromatic rings. The third kappa shape index (κ3) is 6.45. The summed E-state index contributed by atoms with van der Waals surface area (Å²) in [6.45, 7) is 3.61. The van der Waals surface area contributed by atoms with Crippen molar-refractivity contribution in [2.75, 3.05) is 18.5 Å². The molecule has 2 aromatic carbocycles. The third-order valence-corrected chi connectivity index (χ3v) is 6.09. The number of benzene rings is 2. The van der Waals surface area contributed by atoms with Gasteiger partial charge in [-0.1, -0.05) is 29.3 Å². The summed E-state index contributed by atoms with van der Waals surface area (Å²) in [7, 11) is 0. The maximum atomic E-state index is 12.6. The van der Waals surface area contributed by atoms with E-state index in [2.05, 4.69) is 10.3 Å². The van der Waals surface area contributed by atoms with Gasteiger partial charge < -0.3 is 19.5 Å². The number of hydrogen-bond donors (Lipinski definition) is 1. The largest absolute Gasteiger partial charge is 0.489 e. The molecule has 1 unspecified atom stereocenters. The number of carbonyl (C=O) groups is 1. The standard InChI is InChI=1S/C24H25ClN2O4S/c1-16-4-7-19(8-5-16)30-14-24-26-18(15-32-24)12-23(28)27-21-11-17(25)6-9-22(21)31-13-20-3-2-10-29-20/h4-9,11,15,20H,2-3,10,12-14H2,1H3,(H,27,28). The highest BCUT2D eigenvalue weighted by Gasteiger charge is 2.18. The molecule has 6 nitrogen and oxygen atoms in total. The first kappa shape index (κ1) is 22.6. The lowest BCUT2D eigenvalue weighted by Crippen LogP contribution is -2.19. The van der Waals surface area contributed by atoms with Crippen molar-refractivity contribution in [3.8, 4) is 11.5 Å². The highest BCUT2D eigenvalue weighted by molar-refractivity contribution is 7.09. The van der Waals surface area contributed by atoms with E-state index in [9.17, 15) is 4.79 Å². The van der Waals surface area contributed by atoms with Crippen molar-refractivity contribution in [2.24, 2.45) is 0 Å². The van der Waals surface area contributed by atoms with Gasteiger partial charge in [-0.25, -0.2) is 4.98 Å². The number of nitrogens with one attached hydrogen (secondary N) is 1. The fourth-order valence-electron chi connectivity index (χ4n) is 3.32. The van der Waals surface area contributed by atoms with Gasteiger partial charge in [0.2, 0.25) is 5.91 Å². The van der Waals surface area contributed by atoms with Crippen molar-refractivity contribution in [2.45, 2.75) is 38.9 Å². The molecule has 1 aliphatic rings. The van der Waals surface area contributed by atoms with Crippen molar-refractivity contribution < 1.29 is 19.0 Å². The van der Waals surface area contributed by atoms with Crippen LogP contribution in [-0.2, 0) is 22.6 Å². The van der Waals surface area contributed by atoms with Gasteiger partial charge in [0, 0.05) is 17.0 Å². The Morgan fingerprint density at radius 3 is 2.88 bits per heavy atom. The third-order valence-electron chi connectivity index (χ3n) is 4.99. The van der Waals surface area contributed by atoms with E-state index in [-0.39, 0.29) is 18.4 Å². The van der Waals surface area contributed by atoms with Crippen LogP contribution in [0.4, 0.5) is 5.69 Å². The van der Waals surface area contributed by atoms with Gasteiger partial charge in [0.05, 0.1) is 23.9 Å². The summed E-state index contributed by atoms with van der Waals surface area (Å²) in [6.07, 6.45) is 2.27. The van der Waals surface area contributed by atoms with Crippen LogP contribution in [0.15, 0.2) is 47.8 Å². The lowest BCUT2D eigenvalue weighted by molar-refractivity contribution is -0.115. The summed E-state index contributed by atoms with van der Waals surface area (Å²) < 4.78 is 17.2. The predicted octanol–water partition coefficient (Wildman–Crippen LogP) is 5.42. The van der Waals surface area contributed by atoms with Crippen LogP contribution in [0.2, 0.25) is 5.02 Å². The van der Waals surface area contributed by atoms with Gasteiger partial charge in [0.25, 0.3) is 0 Å². The number of aryl methyl sites for hydroxylation is 1.